The van der Waals surface area contributed by atoms with E-state index >= 15 is 0 Å². The summed E-state index contributed by atoms with van der Waals surface area (Å²) in [5.41, 5.74) is 0.613. The summed E-state index contributed by atoms with van der Waals surface area (Å²) in [4.78, 5) is 16.0. The molecule has 0 bridgehead atoms. The number of carbonyl (C=O) groups excluding carboxylic acids is 1. The zero-order valence-corrected chi connectivity index (χ0v) is 13.4. The largest absolute Gasteiger partial charge is 0.332 e. The van der Waals surface area contributed by atoms with Gasteiger partial charge in [0.25, 0.3) is 0 Å². The SMILES string of the molecule is C[C@@]1(NC(=O)Nc2cccc(-n3cncn3)c2)CCS(=O)(=O)C1. The van der Waals surface area contributed by atoms with Gasteiger partial charge in [-0.05, 0) is 31.5 Å². The van der Waals surface area contributed by atoms with Crippen LogP contribution in [0.2, 0.25) is 0 Å². The summed E-state index contributed by atoms with van der Waals surface area (Å²) in [5.74, 6) is 0.0674. The molecule has 2 N–H and O–H groups in total. The highest BCUT2D eigenvalue weighted by Crippen LogP contribution is 2.23. The van der Waals surface area contributed by atoms with Crippen molar-refractivity contribution in [2.24, 2.45) is 0 Å². The fourth-order valence-electron chi connectivity index (χ4n) is 2.61. The molecule has 2 heterocycles. The van der Waals surface area contributed by atoms with Crippen LogP contribution in [-0.2, 0) is 9.84 Å². The van der Waals surface area contributed by atoms with E-state index in [0.29, 0.717) is 12.1 Å². The lowest BCUT2D eigenvalue weighted by atomic mass is 10.0. The third-order valence-electron chi connectivity index (χ3n) is 3.71. The van der Waals surface area contributed by atoms with E-state index in [2.05, 4.69) is 20.7 Å². The molecule has 1 fully saturated rings. The molecule has 122 valence electrons. The molecule has 1 aromatic carbocycles. The van der Waals surface area contributed by atoms with Crippen LogP contribution >= 0.6 is 0 Å². The minimum absolute atomic E-state index is 0.0353. The normalized spacial score (nSPS) is 22.7. The van der Waals surface area contributed by atoms with Crippen LogP contribution in [0.5, 0.6) is 0 Å². The fraction of sp³-hybridized carbons (Fsp3) is 0.357. The van der Waals surface area contributed by atoms with Gasteiger partial charge < -0.3 is 10.6 Å². The smallest absolute Gasteiger partial charge is 0.319 e. The van der Waals surface area contributed by atoms with Gasteiger partial charge in [0.15, 0.2) is 9.84 Å². The number of rotatable bonds is 3. The summed E-state index contributed by atoms with van der Waals surface area (Å²) in [6, 6.07) is 6.69. The molecule has 1 aliphatic rings. The van der Waals surface area contributed by atoms with Gasteiger partial charge in [-0.2, -0.15) is 5.10 Å². The third-order valence-corrected chi connectivity index (χ3v) is 5.61. The molecule has 23 heavy (non-hydrogen) atoms. The Hall–Kier alpha value is -2.42. The summed E-state index contributed by atoms with van der Waals surface area (Å²) < 4.78 is 24.7. The average molecular weight is 335 g/mol. The van der Waals surface area contributed by atoms with Gasteiger partial charge in [-0.1, -0.05) is 6.07 Å². The first-order valence-corrected chi connectivity index (χ1v) is 8.92. The van der Waals surface area contributed by atoms with Crippen LogP contribution in [0.3, 0.4) is 0 Å². The number of benzene rings is 1. The van der Waals surface area contributed by atoms with Gasteiger partial charge in [0.05, 0.1) is 22.7 Å². The van der Waals surface area contributed by atoms with Gasteiger partial charge >= 0.3 is 6.03 Å². The van der Waals surface area contributed by atoms with Crippen molar-refractivity contribution in [1.82, 2.24) is 20.1 Å². The standard InChI is InChI=1S/C14H17N5O3S/c1-14(5-6-23(21,22)8-14)18-13(20)17-11-3-2-4-12(7-11)19-10-15-9-16-19/h2-4,7,9-10H,5-6,8H2,1H3,(H2,17,18,20)/t14-/m1/s1. The van der Waals surface area contributed by atoms with Gasteiger partial charge in [0.1, 0.15) is 12.7 Å². The second-order valence-electron chi connectivity index (χ2n) is 5.87. The van der Waals surface area contributed by atoms with E-state index in [1.165, 1.54) is 6.33 Å². The average Bonchev–Trinajstić information content (AvgIpc) is 3.07. The Morgan fingerprint density at radius 2 is 2.22 bits per heavy atom. The number of hydrogen-bond acceptors (Lipinski definition) is 5. The molecule has 3 rings (SSSR count). The Balaban J connectivity index is 1.68. The van der Waals surface area contributed by atoms with Gasteiger partial charge in [-0.3, -0.25) is 0 Å². The highest BCUT2D eigenvalue weighted by atomic mass is 32.2. The summed E-state index contributed by atoms with van der Waals surface area (Å²) in [6.45, 7) is 1.74. The van der Waals surface area contributed by atoms with Gasteiger partial charge in [0.2, 0.25) is 0 Å². The van der Waals surface area contributed by atoms with Crippen LogP contribution in [0.1, 0.15) is 13.3 Å². The lowest BCUT2D eigenvalue weighted by Crippen LogP contribution is -2.48. The molecule has 9 heteroatoms. The maximum Gasteiger partial charge on any atom is 0.319 e. The number of carbonyl (C=O) groups is 1. The van der Waals surface area contributed by atoms with Crippen molar-refractivity contribution in [3.05, 3.63) is 36.9 Å². The second kappa shape index (κ2) is 5.65. The first-order valence-electron chi connectivity index (χ1n) is 7.10. The molecule has 0 radical (unpaired) electrons. The summed E-state index contributed by atoms with van der Waals surface area (Å²) in [6.07, 6.45) is 3.40. The van der Waals surface area contributed by atoms with E-state index in [1.807, 2.05) is 6.07 Å². The molecule has 0 saturated carbocycles. The molecule has 0 aliphatic carbocycles. The zero-order chi connectivity index (χ0) is 16.5. The van der Waals surface area contributed by atoms with E-state index in [-0.39, 0.29) is 11.5 Å². The monoisotopic (exact) mass is 335 g/mol. The summed E-state index contributed by atoms with van der Waals surface area (Å²) in [5, 5.41) is 9.49. The summed E-state index contributed by atoms with van der Waals surface area (Å²) in [7, 11) is -3.07. The highest BCUT2D eigenvalue weighted by molar-refractivity contribution is 7.91. The molecular formula is C14H17N5O3S. The lowest BCUT2D eigenvalue weighted by molar-refractivity contribution is 0.242. The number of amides is 2. The minimum atomic E-state index is -3.07. The maximum absolute atomic E-state index is 12.1. The van der Waals surface area contributed by atoms with Crippen molar-refractivity contribution in [3.8, 4) is 5.69 Å². The fourth-order valence-corrected chi connectivity index (χ4v) is 4.71. The predicted molar refractivity (Wildman–Crippen MR) is 85.2 cm³/mol. The zero-order valence-electron chi connectivity index (χ0n) is 12.6. The molecule has 2 aromatic rings. The lowest BCUT2D eigenvalue weighted by Gasteiger charge is -2.24. The van der Waals surface area contributed by atoms with E-state index in [4.69, 9.17) is 0 Å². The van der Waals surface area contributed by atoms with Gasteiger partial charge in [0, 0.05) is 5.69 Å². The van der Waals surface area contributed by atoms with Gasteiger partial charge in [-0.15, -0.1) is 0 Å². The van der Waals surface area contributed by atoms with Crippen molar-refractivity contribution in [2.45, 2.75) is 18.9 Å². The molecule has 0 spiro atoms. The minimum Gasteiger partial charge on any atom is -0.332 e. The predicted octanol–water partition coefficient (Wildman–Crippen LogP) is 0.966. The molecule has 2 amide bonds. The molecule has 1 atom stereocenters. The Labute approximate surface area is 133 Å². The van der Waals surface area contributed by atoms with Crippen LogP contribution < -0.4 is 10.6 Å². The quantitative estimate of drug-likeness (QED) is 0.869. The number of anilines is 1. The Morgan fingerprint density at radius 3 is 2.87 bits per heavy atom. The molecule has 1 saturated heterocycles. The van der Waals surface area contributed by atoms with Crippen LogP contribution in [0, 0.1) is 0 Å². The molecule has 1 aromatic heterocycles. The third kappa shape index (κ3) is 3.67. The van der Waals surface area contributed by atoms with Gasteiger partial charge in [-0.25, -0.2) is 22.9 Å². The summed E-state index contributed by atoms with van der Waals surface area (Å²) >= 11 is 0. The van der Waals surface area contributed by atoms with Crippen LogP contribution in [0.4, 0.5) is 10.5 Å². The molecule has 8 nitrogen and oxygen atoms in total. The number of hydrogen-bond donors (Lipinski definition) is 2. The van der Waals surface area contributed by atoms with E-state index in [1.54, 1.807) is 36.1 Å². The molecular weight excluding hydrogens is 318 g/mol. The van der Waals surface area contributed by atoms with Crippen LogP contribution in [0.15, 0.2) is 36.9 Å². The Morgan fingerprint density at radius 1 is 1.39 bits per heavy atom. The Bertz CT molecular complexity index is 819. The van der Waals surface area contributed by atoms with Crippen molar-refractivity contribution >= 4 is 21.6 Å². The van der Waals surface area contributed by atoms with Crippen LogP contribution in [-0.4, -0.2) is 46.3 Å². The first-order chi connectivity index (χ1) is 10.9. The number of nitrogens with zero attached hydrogens (tertiary/aromatic N) is 3. The molecule has 0 unspecified atom stereocenters. The van der Waals surface area contributed by atoms with Crippen molar-refractivity contribution < 1.29 is 13.2 Å². The van der Waals surface area contributed by atoms with E-state index in [9.17, 15) is 13.2 Å². The van der Waals surface area contributed by atoms with Crippen LogP contribution in [0.25, 0.3) is 5.69 Å². The highest BCUT2D eigenvalue weighted by Gasteiger charge is 2.39. The number of nitrogens with one attached hydrogen (secondary N) is 2. The van der Waals surface area contributed by atoms with E-state index in [0.717, 1.165) is 5.69 Å². The second-order valence-corrected chi connectivity index (χ2v) is 8.06. The molecule has 1 aliphatic heterocycles. The number of urea groups is 1. The topological polar surface area (TPSA) is 106 Å². The van der Waals surface area contributed by atoms with Crippen molar-refractivity contribution in [2.75, 3.05) is 16.8 Å². The van der Waals surface area contributed by atoms with Crippen molar-refractivity contribution in [3.63, 3.8) is 0 Å². The maximum atomic E-state index is 12.1. The number of sulfone groups is 1. The van der Waals surface area contributed by atoms with Crippen molar-refractivity contribution in [1.29, 1.82) is 0 Å². The number of aromatic nitrogens is 3. The van der Waals surface area contributed by atoms with E-state index < -0.39 is 21.4 Å². The Kier molecular flexibility index (Phi) is 3.80. The first kappa shape index (κ1) is 15.5.